The van der Waals surface area contributed by atoms with Gasteiger partial charge in [-0.1, -0.05) is 39.5 Å². The smallest absolute Gasteiger partial charge is 0.335 e. The number of carbonyl (C=O) groups is 1. The van der Waals surface area contributed by atoms with Crippen molar-refractivity contribution in [2.75, 3.05) is 5.73 Å². The molecule has 0 amide bonds. The maximum Gasteiger partial charge on any atom is 0.335 e. The summed E-state index contributed by atoms with van der Waals surface area (Å²) in [6.45, 7) is 4.34. The summed E-state index contributed by atoms with van der Waals surface area (Å²) in [6, 6.07) is 5.07. The minimum atomic E-state index is -0.865. The van der Waals surface area contributed by atoms with Gasteiger partial charge in [-0.05, 0) is 36.1 Å². The molecule has 3 nitrogen and oxygen atoms in total. The molecule has 0 heterocycles. The molecule has 1 rings (SSSR count). The molecule has 1 unspecified atom stereocenters. The van der Waals surface area contributed by atoms with E-state index in [0.29, 0.717) is 17.2 Å². The van der Waals surface area contributed by atoms with Crippen LogP contribution >= 0.6 is 0 Å². The van der Waals surface area contributed by atoms with Crippen LogP contribution < -0.4 is 5.73 Å². The maximum absolute atomic E-state index is 11.2. The van der Waals surface area contributed by atoms with E-state index >= 15 is 0 Å². The fourth-order valence-electron chi connectivity index (χ4n) is 2.25. The van der Waals surface area contributed by atoms with E-state index in [1.54, 1.807) is 18.2 Å². The highest BCUT2D eigenvalue weighted by Crippen LogP contribution is 2.22. The van der Waals surface area contributed by atoms with Crippen molar-refractivity contribution in [3.63, 3.8) is 0 Å². The number of carboxylic acids is 1. The topological polar surface area (TPSA) is 63.3 Å². The molecular weight excluding hydrogens is 226 g/mol. The fourth-order valence-corrected chi connectivity index (χ4v) is 2.25. The summed E-state index contributed by atoms with van der Waals surface area (Å²) >= 11 is 0. The van der Waals surface area contributed by atoms with Gasteiger partial charge in [0.05, 0.1) is 5.56 Å². The quantitative estimate of drug-likeness (QED) is 0.724. The number of nitrogen functional groups attached to an aromatic ring is 1. The molecule has 0 aliphatic rings. The SMILES string of the molecule is CCCCC(CC)Cc1cc(N)ccc1C(=O)O. The second-order valence-electron chi connectivity index (χ2n) is 4.84. The number of benzene rings is 1. The van der Waals surface area contributed by atoms with E-state index in [1.165, 1.54) is 12.8 Å². The second kappa shape index (κ2) is 7.04. The minimum Gasteiger partial charge on any atom is -0.478 e. The first-order chi connectivity index (χ1) is 8.58. The van der Waals surface area contributed by atoms with Crippen molar-refractivity contribution < 1.29 is 9.90 Å². The van der Waals surface area contributed by atoms with Gasteiger partial charge in [-0.15, -0.1) is 0 Å². The number of anilines is 1. The van der Waals surface area contributed by atoms with Crippen molar-refractivity contribution >= 4 is 11.7 Å². The summed E-state index contributed by atoms with van der Waals surface area (Å²) in [6.07, 6.45) is 5.42. The molecule has 3 N–H and O–H groups in total. The van der Waals surface area contributed by atoms with Crippen molar-refractivity contribution in [2.24, 2.45) is 5.92 Å². The highest BCUT2D eigenvalue weighted by Gasteiger charge is 2.14. The number of unbranched alkanes of at least 4 members (excludes halogenated alkanes) is 1. The molecule has 0 aliphatic heterocycles. The largest absolute Gasteiger partial charge is 0.478 e. The van der Waals surface area contributed by atoms with Gasteiger partial charge in [-0.25, -0.2) is 4.79 Å². The Balaban J connectivity index is 2.86. The van der Waals surface area contributed by atoms with Gasteiger partial charge in [0.25, 0.3) is 0 Å². The van der Waals surface area contributed by atoms with Crippen LogP contribution in [0.5, 0.6) is 0 Å². The monoisotopic (exact) mass is 249 g/mol. The molecule has 3 heteroatoms. The van der Waals surface area contributed by atoms with Gasteiger partial charge in [0.2, 0.25) is 0 Å². The summed E-state index contributed by atoms with van der Waals surface area (Å²) < 4.78 is 0. The van der Waals surface area contributed by atoms with E-state index in [9.17, 15) is 9.90 Å². The van der Waals surface area contributed by atoms with Gasteiger partial charge < -0.3 is 10.8 Å². The number of carboxylic acid groups (broad SMARTS) is 1. The molecule has 0 saturated carbocycles. The van der Waals surface area contributed by atoms with E-state index in [1.807, 2.05) is 0 Å². The third kappa shape index (κ3) is 4.06. The Morgan fingerprint density at radius 3 is 2.67 bits per heavy atom. The van der Waals surface area contributed by atoms with Crippen LogP contribution in [0.15, 0.2) is 18.2 Å². The average Bonchev–Trinajstić information content (AvgIpc) is 2.34. The first-order valence-electron chi connectivity index (χ1n) is 6.70. The molecule has 0 bridgehead atoms. The number of aromatic carboxylic acids is 1. The van der Waals surface area contributed by atoms with Crippen LogP contribution in [0.3, 0.4) is 0 Å². The zero-order valence-electron chi connectivity index (χ0n) is 11.3. The van der Waals surface area contributed by atoms with E-state index < -0.39 is 5.97 Å². The summed E-state index contributed by atoms with van der Waals surface area (Å²) in [7, 11) is 0. The molecule has 0 saturated heterocycles. The van der Waals surface area contributed by atoms with Crippen molar-refractivity contribution in [1.29, 1.82) is 0 Å². The lowest BCUT2D eigenvalue weighted by atomic mass is 9.89. The Bertz CT molecular complexity index is 401. The zero-order chi connectivity index (χ0) is 13.5. The van der Waals surface area contributed by atoms with Gasteiger partial charge in [-0.3, -0.25) is 0 Å². The van der Waals surface area contributed by atoms with Crippen molar-refractivity contribution in [3.05, 3.63) is 29.3 Å². The highest BCUT2D eigenvalue weighted by atomic mass is 16.4. The van der Waals surface area contributed by atoms with E-state index in [-0.39, 0.29) is 0 Å². The lowest BCUT2D eigenvalue weighted by Crippen LogP contribution is -2.09. The molecule has 0 spiro atoms. The van der Waals surface area contributed by atoms with Crippen LogP contribution in [0.25, 0.3) is 0 Å². The van der Waals surface area contributed by atoms with E-state index in [4.69, 9.17) is 5.73 Å². The number of hydrogen-bond acceptors (Lipinski definition) is 2. The summed E-state index contributed by atoms with van der Waals surface area (Å²) in [5.74, 6) is -0.319. The molecule has 1 aromatic rings. The first kappa shape index (κ1) is 14.6. The standard InChI is InChI=1S/C15H23NO2/c1-3-5-6-11(4-2)9-12-10-13(16)7-8-14(12)15(17)18/h7-8,10-11H,3-6,9,16H2,1-2H3,(H,17,18). The minimum absolute atomic E-state index is 0.388. The fraction of sp³-hybridized carbons (Fsp3) is 0.533. The van der Waals surface area contributed by atoms with Crippen LogP contribution in [0.4, 0.5) is 5.69 Å². The molecule has 100 valence electrons. The van der Waals surface area contributed by atoms with Crippen LogP contribution in [-0.4, -0.2) is 11.1 Å². The Labute approximate surface area is 109 Å². The lowest BCUT2D eigenvalue weighted by molar-refractivity contribution is 0.0695. The molecule has 1 atom stereocenters. The molecule has 1 aromatic carbocycles. The van der Waals surface area contributed by atoms with Gasteiger partial charge in [0.1, 0.15) is 0 Å². The predicted octanol–water partition coefficient (Wildman–Crippen LogP) is 3.73. The van der Waals surface area contributed by atoms with Crippen molar-refractivity contribution in [3.8, 4) is 0 Å². The number of rotatable bonds is 7. The molecule has 18 heavy (non-hydrogen) atoms. The van der Waals surface area contributed by atoms with Crippen LogP contribution in [0.2, 0.25) is 0 Å². The van der Waals surface area contributed by atoms with Gasteiger partial charge in [-0.2, -0.15) is 0 Å². The first-order valence-corrected chi connectivity index (χ1v) is 6.70. The predicted molar refractivity (Wildman–Crippen MR) is 74.8 cm³/mol. The van der Waals surface area contributed by atoms with Crippen LogP contribution in [0.1, 0.15) is 55.5 Å². The van der Waals surface area contributed by atoms with Gasteiger partial charge in [0, 0.05) is 5.69 Å². The third-order valence-corrected chi connectivity index (χ3v) is 3.41. The van der Waals surface area contributed by atoms with Crippen molar-refractivity contribution in [2.45, 2.75) is 46.0 Å². The lowest BCUT2D eigenvalue weighted by Gasteiger charge is -2.16. The Morgan fingerprint density at radius 2 is 2.11 bits per heavy atom. The average molecular weight is 249 g/mol. The molecule has 0 aromatic heterocycles. The van der Waals surface area contributed by atoms with Gasteiger partial charge in [0.15, 0.2) is 0 Å². The number of nitrogens with two attached hydrogens (primary N) is 1. The Kier molecular flexibility index (Phi) is 5.69. The normalized spacial score (nSPS) is 12.3. The summed E-state index contributed by atoms with van der Waals surface area (Å²) in [5, 5.41) is 9.18. The summed E-state index contributed by atoms with van der Waals surface area (Å²) in [4.78, 5) is 11.2. The molecule has 0 fully saturated rings. The second-order valence-corrected chi connectivity index (χ2v) is 4.84. The molecular formula is C15H23NO2. The third-order valence-electron chi connectivity index (χ3n) is 3.41. The van der Waals surface area contributed by atoms with Crippen LogP contribution in [0, 0.1) is 5.92 Å². The van der Waals surface area contributed by atoms with E-state index in [2.05, 4.69) is 13.8 Å². The zero-order valence-corrected chi connectivity index (χ0v) is 11.3. The van der Waals surface area contributed by atoms with Crippen molar-refractivity contribution in [1.82, 2.24) is 0 Å². The molecule has 0 aliphatic carbocycles. The highest BCUT2D eigenvalue weighted by molar-refractivity contribution is 5.90. The number of hydrogen-bond donors (Lipinski definition) is 2. The Hall–Kier alpha value is -1.51. The van der Waals surface area contributed by atoms with E-state index in [0.717, 1.165) is 24.8 Å². The Morgan fingerprint density at radius 1 is 1.39 bits per heavy atom. The summed E-state index contributed by atoms with van der Waals surface area (Å²) in [5.41, 5.74) is 7.65. The van der Waals surface area contributed by atoms with Crippen LogP contribution in [-0.2, 0) is 6.42 Å². The molecule has 0 radical (unpaired) electrons. The van der Waals surface area contributed by atoms with Gasteiger partial charge >= 0.3 is 5.97 Å². The maximum atomic E-state index is 11.2.